The van der Waals surface area contributed by atoms with E-state index >= 15 is 0 Å². The van der Waals surface area contributed by atoms with Crippen LogP contribution in [0.1, 0.15) is 22.2 Å². The number of carbonyl (C=O) groups excluding carboxylic acids is 3. The molecule has 0 spiro atoms. The Bertz CT molecular complexity index is 1680. The highest BCUT2D eigenvalue weighted by Gasteiger charge is 2.30. The Morgan fingerprint density at radius 1 is 1.03 bits per heavy atom. The van der Waals surface area contributed by atoms with Gasteiger partial charge in [-0.05, 0) is 47.5 Å². The molecule has 1 fully saturated rings. The molecule has 37 heavy (non-hydrogen) atoms. The lowest BCUT2D eigenvalue weighted by molar-refractivity contribution is -0.120. The third kappa shape index (κ3) is 4.30. The lowest BCUT2D eigenvalue weighted by atomic mass is 10.0. The molecule has 2 aromatic carbocycles. The van der Waals surface area contributed by atoms with Gasteiger partial charge >= 0.3 is 6.03 Å². The van der Waals surface area contributed by atoms with E-state index in [4.69, 9.17) is 16.0 Å². The molecule has 0 radical (unpaired) electrons. The lowest BCUT2D eigenvalue weighted by Crippen LogP contribution is -2.22. The highest BCUT2D eigenvalue weighted by Crippen LogP contribution is 2.31. The van der Waals surface area contributed by atoms with Crippen LogP contribution < -0.4 is 16.0 Å². The number of nitrogens with one attached hydrogen (secondary N) is 4. The predicted molar refractivity (Wildman–Crippen MR) is 136 cm³/mol. The van der Waals surface area contributed by atoms with Crippen LogP contribution in [0.4, 0.5) is 10.5 Å². The predicted octanol–water partition coefficient (Wildman–Crippen LogP) is 4.67. The zero-order valence-electron chi connectivity index (χ0n) is 18.9. The number of aromatic amines is 1. The summed E-state index contributed by atoms with van der Waals surface area (Å²) in [6, 6.07) is 16.3. The number of carbonyl (C=O) groups is 3. The zero-order chi connectivity index (χ0) is 25.5. The molecule has 1 aliphatic heterocycles. The van der Waals surface area contributed by atoms with Crippen molar-refractivity contribution < 1.29 is 18.8 Å². The molecule has 5 aromatic rings. The fourth-order valence-electron chi connectivity index (χ4n) is 4.09. The molecular weight excluding hydrogens is 496 g/mol. The molecule has 182 valence electrons. The van der Waals surface area contributed by atoms with E-state index in [2.05, 4.69) is 30.9 Å². The second-order valence-corrected chi connectivity index (χ2v) is 8.73. The molecule has 0 aliphatic carbocycles. The van der Waals surface area contributed by atoms with Crippen molar-refractivity contribution in [3.63, 3.8) is 0 Å². The molecule has 11 heteroatoms. The fraction of sp³-hybridized carbons (Fsp3) is 0.0385. The number of benzene rings is 2. The van der Waals surface area contributed by atoms with Gasteiger partial charge in [0.25, 0.3) is 11.8 Å². The van der Waals surface area contributed by atoms with Crippen LogP contribution in [-0.2, 0) is 4.79 Å². The number of hydrogen-bond acceptors (Lipinski definition) is 6. The Balaban J connectivity index is 1.27. The first kappa shape index (κ1) is 22.5. The molecule has 6 rings (SSSR count). The molecular formula is C26H17ClN6O4. The smallest absolute Gasteiger partial charge is 0.322 e. The van der Waals surface area contributed by atoms with Crippen LogP contribution in [0.5, 0.6) is 0 Å². The van der Waals surface area contributed by atoms with E-state index in [1.54, 1.807) is 48.7 Å². The molecule has 3 aromatic heterocycles. The van der Waals surface area contributed by atoms with E-state index in [0.29, 0.717) is 38.8 Å². The normalized spacial score (nSPS) is 15.0. The maximum absolute atomic E-state index is 12.3. The molecule has 0 saturated carbocycles. The largest absolute Gasteiger partial charge is 0.459 e. The van der Waals surface area contributed by atoms with Crippen molar-refractivity contribution in [3.05, 3.63) is 89.5 Å². The van der Waals surface area contributed by atoms with E-state index in [1.807, 2.05) is 18.2 Å². The maximum atomic E-state index is 12.3. The average Bonchev–Trinajstić information content (AvgIpc) is 3.65. The third-order valence-corrected chi connectivity index (χ3v) is 6.24. The van der Waals surface area contributed by atoms with Crippen LogP contribution in [0.3, 0.4) is 0 Å². The Morgan fingerprint density at radius 2 is 1.86 bits per heavy atom. The van der Waals surface area contributed by atoms with Gasteiger partial charge in [0.2, 0.25) is 0 Å². The quantitative estimate of drug-likeness (QED) is 0.252. The van der Waals surface area contributed by atoms with Gasteiger partial charge in [0.1, 0.15) is 11.9 Å². The number of amides is 4. The summed E-state index contributed by atoms with van der Waals surface area (Å²) in [5.74, 6) is -0.0661. The van der Waals surface area contributed by atoms with Gasteiger partial charge in [0.05, 0.1) is 16.8 Å². The number of anilines is 1. The Hall–Kier alpha value is -4.96. The molecule has 1 aliphatic rings. The van der Waals surface area contributed by atoms with E-state index in [1.165, 1.54) is 6.26 Å². The SMILES string of the molecule is O=C1NC(=O)C(c2ccc(-c3cnc4nc(-c5cc(NC(=O)c6ccco6)ccc5Cl)[nH]c4c3)cc2)N1. The van der Waals surface area contributed by atoms with E-state index in [9.17, 15) is 14.4 Å². The van der Waals surface area contributed by atoms with Gasteiger partial charge in [-0.1, -0.05) is 35.9 Å². The third-order valence-electron chi connectivity index (χ3n) is 5.91. The number of H-pyrrole nitrogens is 1. The zero-order valence-corrected chi connectivity index (χ0v) is 19.7. The Morgan fingerprint density at radius 3 is 2.59 bits per heavy atom. The fourth-order valence-corrected chi connectivity index (χ4v) is 4.30. The number of imidazole rings is 1. The molecule has 1 atom stereocenters. The average molecular weight is 513 g/mol. The number of pyridine rings is 1. The number of fused-ring (bicyclic) bond motifs is 1. The highest BCUT2D eigenvalue weighted by molar-refractivity contribution is 6.33. The van der Waals surface area contributed by atoms with Gasteiger partial charge < -0.3 is 20.0 Å². The second kappa shape index (κ2) is 8.92. The molecule has 1 unspecified atom stereocenters. The van der Waals surface area contributed by atoms with Crippen LogP contribution in [0.25, 0.3) is 33.7 Å². The summed E-state index contributed by atoms with van der Waals surface area (Å²) in [7, 11) is 0. The van der Waals surface area contributed by atoms with Crippen LogP contribution in [0, 0.1) is 0 Å². The number of nitrogens with zero attached hydrogens (tertiary/aromatic N) is 2. The molecule has 4 N–H and O–H groups in total. The van der Waals surface area contributed by atoms with Crippen molar-refractivity contribution in [2.75, 3.05) is 5.32 Å². The lowest BCUT2D eigenvalue weighted by Gasteiger charge is -2.08. The van der Waals surface area contributed by atoms with Crippen LogP contribution >= 0.6 is 11.6 Å². The van der Waals surface area contributed by atoms with Crippen LogP contribution in [-0.4, -0.2) is 32.8 Å². The Kier molecular flexibility index (Phi) is 5.42. The minimum Gasteiger partial charge on any atom is -0.459 e. The maximum Gasteiger partial charge on any atom is 0.322 e. The highest BCUT2D eigenvalue weighted by atomic mass is 35.5. The topological polar surface area (TPSA) is 142 Å². The van der Waals surface area contributed by atoms with Crippen LogP contribution in [0.15, 0.2) is 77.5 Å². The number of rotatable bonds is 5. The summed E-state index contributed by atoms with van der Waals surface area (Å²) in [6.07, 6.45) is 3.13. The van der Waals surface area contributed by atoms with Gasteiger partial charge in [-0.25, -0.2) is 14.8 Å². The number of halogens is 1. The molecule has 0 bridgehead atoms. The standard InChI is InChI=1S/C26H17ClN6O4/c27-18-8-7-16(29-24(34)20-2-1-9-37-20)11-17(18)22-30-19-10-15(12-28-23(19)32-22)13-3-5-14(6-4-13)21-25(35)33-26(36)31-21/h1-12,21H,(H,29,34)(H,28,30,32)(H2,31,33,35,36). The van der Waals surface area contributed by atoms with Gasteiger partial charge in [-0.2, -0.15) is 0 Å². The molecule has 1 saturated heterocycles. The first-order valence-electron chi connectivity index (χ1n) is 11.2. The summed E-state index contributed by atoms with van der Waals surface area (Å²) in [5.41, 5.74) is 4.71. The van der Waals surface area contributed by atoms with Gasteiger partial charge in [0, 0.05) is 23.0 Å². The van der Waals surface area contributed by atoms with E-state index < -0.39 is 12.1 Å². The molecule has 4 heterocycles. The van der Waals surface area contributed by atoms with Crippen molar-refractivity contribution in [1.29, 1.82) is 0 Å². The number of urea groups is 1. The minimum atomic E-state index is -0.707. The van der Waals surface area contributed by atoms with Crippen LogP contribution in [0.2, 0.25) is 5.02 Å². The van der Waals surface area contributed by atoms with Gasteiger partial charge in [0.15, 0.2) is 11.4 Å². The number of furan rings is 1. The molecule has 10 nitrogen and oxygen atoms in total. The number of aromatic nitrogens is 3. The van der Waals surface area contributed by atoms with E-state index in [0.717, 1.165) is 11.1 Å². The van der Waals surface area contributed by atoms with Crippen molar-refractivity contribution in [1.82, 2.24) is 25.6 Å². The summed E-state index contributed by atoms with van der Waals surface area (Å²) in [6.45, 7) is 0. The monoisotopic (exact) mass is 512 g/mol. The van der Waals surface area contributed by atoms with Gasteiger partial charge in [-0.15, -0.1) is 0 Å². The van der Waals surface area contributed by atoms with Crippen molar-refractivity contribution in [2.45, 2.75) is 6.04 Å². The molecule has 4 amide bonds. The van der Waals surface area contributed by atoms with E-state index in [-0.39, 0.29) is 17.6 Å². The number of imide groups is 1. The van der Waals surface area contributed by atoms with Crippen molar-refractivity contribution >= 4 is 46.3 Å². The minimum absolute atomic E-state index is 0.196. The number of hydrogen-bond donors (Lipinski definition) is 4. The summed E-state index contributed by atoms with van der Waals surface area (Å²) >= 11 is 6.44. The summed E-state index contributed by atoms with van der Waals surface area (Å²) in [4.78, 5) is 47.9. The summed E-state index contributed by atoms with van der Waals surface area (Å²) < 4.78 is 5.14. The Labute approximate surface area is 214 Å². The second-order valence-electron chi connectivity index (χ2n) is 8.32. The van der Waals surface area contributed by atoms with Crippen molar-refractivity contribution in [3.8, 4) is 22.5 Å². The van der Waals surface area contributed by atoms with Gasteiger partial charge in [-0.3, -0.25) is 14.9 Å². The first-order chi connectivity index (χ1) is 17.9. The summed E-state index contributed by atoms with van der Waals surface area (Å²) in [5, 5.41) is 8.04. The van der Waals surface area contributed by atoms with Crippen molar-refractivity contribution in [2.24, 2.45) is 0 Å². The first-order valence-corrected chi connectivity index (χ1v) is 11.5.